The third-order valence-electron chi connectivity index (χ3n) is 7.44. The van der Waals surface area contributed by atoms with Crippen LogP contribution in [0.15, 0.2) is 70.9 Å². The molecule has 2 aliphatic rings. The van der Waals surface area contributed by atoms with Gasteiger partial charge in [-0.2, -0.15) is 0 Å². The zero-order chi connectivity index (χ0) is 31.9. The summed E-state index contributed by atoms with van der Waals surface area (Å²) in [6.45, 7) is 10.1. The fourth-order valence-electron chi connectivity index (χ4n) is 5.30. The lowest BCUT2D eigenvalue weighted by Gasteiger charge is -2.32. The molecule has 2 N–H and O–H groups in total. The molecular formula is C33H39FN6O5. The van der Waals surface area contributed by atoms with Crippen molar-refractivity contribution in [3.05, 3.63) is 77.9 Å². The average Bonchev–Trinajstić information content (AvgIpc) is 3.51. The van der Waals surface area contributed by atoms with Crippen LogP contribution in [-0.4, -0.2) is 88.8 Å². The van der Waals surface area contributed by atoms with E-state index >= 15 is 0 Å². The van der Waals surface area contributed by atoms with Gasteiger partial charge in [0.2, 0.25) is 5.96 Å². The summed E-state index contributed by atoms with van der Waals surface area (Å²) in [7, 11) is 0. The Morgan fingerprint density at radius 2 is 1.87 bits per heavy atom. The normalized spacial score (nSPS) is 14.6. The van der Waals surface area contributed by atoms with Crippen LogP contribution >= 0.6 is 0 Å². The van der Waals surface area contributed by atoms with Crippen LogP contribution in [0.3, 0.4) is 0 Å². The Morgan fingerprint density at radius 3 is 2.58 bits per heavy atom. The molecule has 1 aromatic heterocycles. The molecule has 0 saturated carbocycles. The zero-order valence-corrected chi connectivity index (χ0v) is 25.9. The molecule has 5 rings (SSSR count). The van der Waals surface area contributed by atoms with E-state index in [1.165, 1.54) is 18.3 Å². The van der Waals surface area contributed by atoms with Gasteiger partial charge in [0.1, 0.15) is 30.1 Å². The summed E-state index contributed by atoms with van der Waals surface area (Å²) in [6, 6.07) is 13.7. The topological polar surface area (TPSA) is 121 Å². The Bertz CT molecular complexity index is 1520. The Hall–Kier alpha value is -4.55. The fourth-order valence-corrected chi connectivity index (χ4v) is 5.30. The first kappa shape index (κ1) is 31.9. The molecule has 238 valence electrons. The lowest BCUT2D eigenvalue weighted by atomic mass is 10.1. The van der Waals surface area contributed by atoms with Gasteiger partial charge in [0.25, 0.3) is 0 Å². The predicted octanol–water partition coefficient (Wildman–Crippen LogP) is 4.55. The number of aliphatic imine (C=N–C) groups is 2. The van der Waals surface area contributed by atoms with Crippen LogP contribution in [0.25, 0.3) is 0 Å². The number of nitrogens with zero attached hydrogens (tertiary/aromatic N) is 5. The van der Waals surface area contributed by atoms with Gasteiger partial charge in [-0.05, 0) is 69.7 Å². The van der Waals surface area contributed by atoms with Gasteiger partial charge in [-0.25, -0.2) is 14.2 Å². The highest BCUT2D eigenvalue weighted by molar-refractivity contribution is 6.18. The number of hydrogen-bond donors (Lipinski definition) is 2. The molecule has 2 aliphatic heterocycles. The number of fused-ring (bicyclic) bond motifs is 3. The molecule has 12 heteroatoms. The molecule has 0 aliphatic carbocycles. The second kappa shape index (κ2) is 14.5. The van der Waals surface area contributed by atoms with Crippen molar-refractivity contribution >= 4 is 23.6 Å². The van der Waals surface area contributed by atoms with Gasteiger partial charge < -0.3 is 19.3 Å². The highest BCUT2D eigenvalue weighted by Crippen LogP contribution is 2.43. The summed E-state index contributed by atoms with van der Waals surface area (Å²) in [5, 5.41) is 13.6. The number of ether oxygens (including phenoxy) is 3. The zero-order valence-electron chi connectivity index (χ0n) is 25.9. The highest BCUT2D eigenvalue weighted by atomic mass is 19.1. The van der Waals surface area contributed by atoms with Crippen LogP contribution in [0.1, 0.15) is 38.8 Å². The van der Waals surface area contributed by atoms with E-state index in [9.17, 15) is 14.3 Å². The van der Waals surface area contributed by atoms with Gasteiger partial charge in [-0.3, -0.25) is 25.1 Å². The molecule has 0 spiro atoms. The Kier molecular flexibility index (Phi) is 10.3. The maximum Gasteiger partial charge on any atom is 0.419 e. The number of carbonyl (C=O) groups is 1. The van der Waals surface area contributed by atoms with E-state index in [0.29, 0.717) is 54.6 Å². The number of pyridine rings is 1. The van der Waals surface area contributed by atoms with Crippen LogP contribution in [0.4, 0.5) is 14.9 Å². The van der Waals surface area contributed by atoms with Crippen molar-refractivity contribution in [1.29, 1.82) is 0 Å². The number of guanidine groups is 1. The number of aliphatic hydroxyl groups excluding tert-OH is 1. The Morgan fingerprint density at radius 1 is 1.09 bits per heavy atom. The number of hydrogen-bond acceptors (Lipinski definition) is 10. The summed E-state index contributed by atoms with van der Waals surface area (Å²) in [5.74, 6) is 1.59. The van der Waals surface area contributed by atoms with Crippen LogP contribution in [0.2, 0.25) is 0 Å². The molecule has 11 nitrogen and oxygen atoms in total. The fraction of sp³-hybridized carbons (Fsp3) is 0.394. The summed E-state index contributed by atoms with van der Waals surface area (Å²) in [6.07, 6.45) is 2.04. The molecule has 1 amide bonds. The van der Waals surface area contributed by atoms with E-state index in [0.717, 1.165) is 5.56 Å². The molecule has 2 aromatic carbocycles. The van der Waals surface area contributed by atoms with Gasteiger partial charge >= 0.3 is 6.09 Å². The van der Waals surface area contributed by atoms with Crippen molar-refractivity contribution < 1.29 is 28.5 Å². The first-order chi connectivity index (χ1) is 21.7. The van der Waals surface area contributed by atoms with Crippen molar-refractivity contribution in [3.63, 3.8) is 0 Å². The van der Waals surface area contributed by atoms with Crippen molar-refractivity contribution in [2.24, 2.45) is 9.98 Å². The molecule has 0 radical (unpaired) electrons. The third-order valence-corrected chi connectivity index (χ3v) is 7.44. The van der Waals surface area contributed by atoms with Crippen molar-refractivity contribution in [3.8, 4) is 17.2 Å². The minimum Gasteiger partial charge on any atom is -0.487 e. The molecule has 3 aromatic rings. The van der Waals surface area contributed by atoms with Gasteiger partial charge in [0.05, 0.1) is 19.3 Å². The van der Waals surface area contributed by atoms with Crippen molar-refractivity contribution in [1.82, 2.24) is 20.1 Å². The predicted molar refractivity (Wildman–Crippen MR) is 169 cm³/mol. The van der Waals surface area contributed by atoms with Gasteiger partial charge in [-0.1, -0.05) is 12.1 Å². The monoisotopic (exact) mass is 618 g/mol. The summed E-state index contributed by atoms with van der Waals surface area (Å²) < 4.78 is 31.3. The lowest BCUT2D eigenvalue weighted by Crippen LogP contribution is -2.48. The molecule has 0 saturated heterocycles. The van der Waals surface area contributed by atoms with Crippen molar-refractivity contribution in [2.45, 2.75) is 52.3 Å². The largest absolute Gasteiger partial charge is 0.487 e. The summed E-state index contributed by atoms with van der Waals surface area (Å²) in [4.78, 5) is 30.3. The second-order valence-electron chi connectivity index (χ2n) is 11.4. The number of nitrogens with one attached hydrogen (secondary N) is 1. The first-order valence-corrected chi connectivity index (χ1v) is 15.1. The molecule has 0 bridgehead atoms. The first-order valence-electron chi connectivity index (χ1n) is 15.1. The van der Waals surface area contributed by atoms with E-state index in [1.54, 1.807) is 36.5 Å². The molecule has 0 fully saturated rings. The van der Waals surface area contributed by atoms with Gasteiger partial charge in [-0.15, -0.1) is 0 Å². The molecule has 0 unspecified atom stereocenters. The SMILES string of the molecule is CC(C)N(C[C@@H](O)COc1ccc2c(c1OCCc1ccc(F)cc1)N=C(NC(=O)Oc1cccnc1)N1CCN=C21)C(C)C. The minimum absolute atomic E-state index is 0.0301. The molecule has 45 heavy (non-hydrogen) atoms. The van der Waals surface area contributed by atoms with E-state index in [2.05, 4.69) is 47.9 Å². The number of aromatic nitrogens is 1. The smallest absolute Gasteiger partial charge is 0.419 e. The molecule has 3 heterocycles. The van der Waals surface area contributed by atoms with E-state index in [1.807, 2.05) is 11.0 Å². The number of amides is 1. The maximum absolute atomic E-state index is 13.4. The van der Waals surface area contributed by atoms with E-state index in [4.69, 9.17) is 19.2 Å². The maximum atomic E-state index is 13.4. The summed E-state index contributed by atoms with van der Waals surface area (Å²) >= 11 is 0. The van der Waals surface area contributed by atoms with Crippen molar-refractivity contribution in [2.75, 3.05) is 32.8 Å². The van der Waals surface area contributed by atoms with E-state index in [-0.39, 0.29) is 42.8 Å². The number of carbonyl (C=O) groups excluding carboxylic acids is 1. The van der Waals surface area contributed by atoms with E-state index < -0.39 is 12.2 Å². The van der Waals surface area contributed by atoms with Gasteiger partial charge in [0, 0.05) is 43.4 Å². The minimum atomic E-state index is -0.754. The number of rotatable bonds is 12. The highest BCUT2D eigenvalue weighted by Gasteiger charge is 2.34. The van der Waals surface area contributed by atoms with Crippen LogP contribution in [0.5, 0.6) is 17.2 Å². The van der Waals surface area contributed by atoms with Crippen LogP contribution in [-0.2, 0) is 6.42 Å². The standard InChI is InChI=1S/C33H39FN6O5/c1-21(2)40(22(3)4)19-25(41)20-44-28-12-11-27-29(30(28)43-17-13-23-7-9-24(34)10-8-23)37-32(39-16-15-36-31(27)39)38-33(42)45-26-6-5-14-35-18-26/h5-12,14,18,21-22,25,41H,13,15-17,19-20H2,1-4H3,(H,37,38,42)/t25-/m1/s1. The average molecular weight is 619 g/mol. The number of amidine groups is 1. The lowest BCUT2D eigenvalue weighted by molar-refractivity contribution is 0.0437. The third kappa shape index (κ3) is 7.95. The van der Waals surface area contributed by atoms with Gasteiger partial charge in [0.15, 0.2) is 17.2 Å². The van der Waals surface area contributed by atoms with Crippen LogP contribution in [0, 0.1) is 5.82 Å². The molecule has 1 atom stereocenters. The second-order valence-corrected chi connectivity index (χ2v) is 11.4. The molecular weight excluding hydrogens is 579 g/mol. The Balaban J connectivity index is 1.42. The Labute approximate surface area is 262 Å². The number of aliphatic hydroxyl groups is 1. The number of halogens is 1. The quantitative estimate of drug-likeness (QED) is 0.303. The number of benzene rings is 2. The summed E-state index contributed by atoms with van der Waals surface area (Å²) in [5.41, 5.74) is 2.05. The van der Waals surface area contributed by atoms with Crippen LogP contribution < -0.4 is 19.5 Å².